The molecular weight excluding hydrogens is 359 g/mol. The number of nitrogens with one attached hydrogen (secondary N) is 2. The molecule has 0 spiro atoms. The van der Waals surface area contributed by atoms with Gasteiger partial charge < -0.3 is 15.2 Å². The molecule has 0 radical (unpaired) electrons. The van der Waals surface area contributed by atoms with Crippen LogP contribution >= 0.6 is 0 Å². The van der Waals surface area contributed by atoms with E-state index in [0.29, 0.717) is 30.9 Å². The number of benzene rings is 1. The van der Waals surface area contributed by atoms with E-state index in [-0.39, 0.29) is 29.9 Å². The molecule has 7 heteroatoms. The van der Waals surface area contributed by atoms with Crippen LogP contribution < -0.4 is 10.6 Å². The van der Waals surface area contributed by atoms with Gasteiger partial charge in [0.15, 0.2) is 5.82 Å². The molecule has 1 aliphatic rings. The van der Waals surface area contributed by atoms with Gasteiger partial charge in [-0.05, 0) is 31.7 Å². The normalized spacial score (nSPS) is 13.1. The van der Waals surface area contributed by atoms with Gasteiger partial charge in [-0.3, -0.25) is 9.59 Å². The van der Waals surface area contributed by atoms with Gasteiger partial charge in [-0.1, -0.05) is 38.0 Å². The number of hydrogen-bond donors (Lipinski definition) is 2. The van der Waals surface area contributed by atoms with Gasteiger partial charge in [0.1, 0.15) is 11.5 Å². The van der Waals surface area contributed by atoms with Crippen LogP contribution in [0, 0.1) is 5.82 Å². The van der Waals surface area contributed by atoms with Crippen LogP contribution in [0.15, 0.2) is 24.3 Å². The molecule has 28 heavy (non-hydrogen) atoms. The Morgan fingerprint density at radius 1 is 1.14 bits per heavy atom. The van der Waals surface area contributed by atoms with Crippen LogP contribution in [-0.4, -0.2) is 27.9 Å². The third kappa shape index (κ3) is 4.58. The summed E-state index contributed by atoms with van der Waals surface area (Å²) in [6, 6.07) is 6.33. The smallest absolute Gasteiger partial charge is 0.287 e. The van der Waals surface area contributed by atoms with Gasteiger partial charge in [0.25, 0.3) is 11.8 Å². The Bertz CT molecular complexity index is 847. The molecule has 3 rings (SSSR count). The number of nitrogens with zero attached hydrogens (tertiary/aromatic N) is 2. The molecule has 2 heterocycles. The van der Waals surface area contributed by atoms with Crippen molar-refractivity contribution >= 4 is 11.8 Å². The highest BCUT2D eigenvalue weighted by Gasteiger charge is 2.27. The Morgan fingerprint density at radius 3 is 2.75 bits per heavy atom. The van der Waals surface area contributed by atoms with Crippen LogP contribution in [0.4, 0.5) is 4.39 Å². The second-order valence-electron chi connectivity index (χ2n) is 7.08. The SMILES string of the molecule is CCCCCNC(=O)c1nc(C(=O)NCc2ccccc2F)c2n1CCCC2. The van der Waals surface area contributed by atoms with Crippen molar-refractivity contribution in [2.45, 2.75) is 58.5 Å². The topological polar surface area (TPSA) is 76.0 Å². The summed E-state index contributed by atoms with van der Waals surface area (Å²) in [4.78, 5) is 29.6. The molecule has 0 saturated heterocycles. The number of halogens is 1. The number of fused-ring (bicyclic) bond motifs is 1. The first-order valence-corrected chi connectivity index (χ1v) is 10.0. The first kappa shape index (κ1) is 20.0. The van der Waals surface area contributed by atoms with Gasteiger partial charge in [-0.2, -0.15) is 0 Å². The summed E-state index contributed by atoms with van der Waals surface area (Å²) in [5.74, 6) is -0.685. The molecule has 6 nitrogen and oxygen atoms in total. The summed E-state index contributed by atoms with van der Waals surface area (Å²) in [5.41, 5.74) is 1.48. The lowest BCUT2D eigenvalue weighted by Crippen LogP contribution is -2.28. The number of unbranched alkanes of at least 4 members (excludes halogenated alkanes) is 2. The van der Waals surface area contributed by atoms with E-state index in [1.165, 1.54) is 6.07 Å². The molecule has 1 aliphatic heterocycles. The molecular formula is C21H27FN4O2. The maximum atomic E-state index is 13.8. The molecule has 0 saturated carbocycles. The van der Waals surface area contributed by atoms with E-state index in [2.05, 4.69) is 22.5 Å². The summed E-state index contributed by atoms with van der Waals surface area (Å²) in [5, 5.41) is 5.63. The first-order valence-electron chi connectivity index (χ1n) is 10.0. The lowest BCUT2D eigenvalue weighted by molar-refractivity contribution is 0.0937. The van der Waals surface area contributed by atoms with Gasteiger partial charge in [0, 0.05) is 25.2 Å². The lowest BCUT2D eigenvalue weighted by atomic mass is 10.1. The minimum atomic E-state index is -0.376. The van der Waals surface area contributed by atoms with E-state index in [9.17, 15) is 14.0 Å². The van der Waals surface area contributed by atoms with E-state index >= 15 is 0 Å². The standard InChI is InChI=1S/C21H27FN4O2/c1-2-3-7-12-23-21(28)19-25-18(17-11-6-8-13-26(17)19)20(27)24-14-15-9-4-5-10-16(15)22/h4-5,9-10H,2-3,6-8,11-14H2,1H3,(H,23,28)(H,24,27). The van der Waals surface area contributed by atoms with Crippen molar-refractivity contribution < 1.29 is 14.0 Å². The average Bonchev–Trinajstić information content (AvgIpc) is 3.10. The van der Waals surface area contributed by atoms with Crippen molar-refractivity contribution in [3.05, 3.63) is 52.9 Å². The predicted octanol–water partition coefficient (Wildman–Crippen LogP) is 3.21. The van der Waals surface area contributed by atoms with Gasteiger partial charge in [-0.15, -0.1) is 0 Å². The fourth-order valence-electron chi connectivity index (χ4n) is 3.46. The summed E-state index contributed by atoms with van der Waals surface area (Å²) in [6.45, 7) is 3.47. The fourth-order valence-corrected chi connectivity index (χ4v) is 3.46. The highest BCUT2D eigenvalue weighted by Crippen LogP contribution is 2.21. The Kier molecular flexibility index (Phi) is 6.79. The average molecular weight is 386 g/mol. The molecule has 0 bridgehead atoms. The van der Waals surface area contributed by atoms with Gasteiger partial charge in [0.2, 0.25) is 0 Å². The maximum absolute atomic E-state index is 13.8. The van der Waals surface area contributed by atoms with Crippen molar-refractivity contribution in [2.24, 2.45) is 0 Å². The number of carbonyl (C=O) groups is 2. The van der Waals surface area contributed by atoms with E-state index in [1.54, 1.807) is 18.2 Å². The van der Waals surface area contributed by atoms with E-state index in [0.717, 1.165) is 37.8 Å². The maximum Gasteiger partial charge on any atom is 0.287 e. The number of carbonyl (C=O) groups excluding carboxylic acids is 2. The third-order valence-corrected chi connectivity index (χ3v) is 5.00. The van der Waals surface area contributed by atoms with Gasteiger partial charge >= 0.3 is 0 Å². The molecule has 0 unspecified atom stereocenters. The van der Waals surface area contributed by atoms with E-state index in [4.69, 9.17) is 0 Å². The van der Waals surface area contributed by atoms with Crippen LogP contribution in [-0.2, 0) is 19.5 Å². The molecule has 1 aromatic carbocycles. The first-order chi connectivity index (χ1) is 13.6. The molecule has 1 aromatic heterocycles. The number of aromatic nitrogens is 2. The Morgan fingerprint density at radius 2 is 1.96 bits per heavy atom. The fraction of sp³-hybridized carbons (Fsp3) is 0.476. The highest BCUT2D eigenvalue weighted by atomic mass is 19.1. The summed E-state index contributed by atoms with van der Waals surface area (Å²) >= 11 is 0. The Balaban J connectivity index is 1.73. The quantitative estimate of drug-likeness (QED) is 0.684. The van der Waals surface area contributed by atoms with Crippen molar-refractivity contribution in [1.29, 1.82) is 0 Å². The van der Waals surface area contributed by atoms with Crippen molar-refractivity contribution in [3.63, 3.8) is 0 Å². The predicted molar refractivity (Wildman–Crippen MR) is 105 cm³/mol. The van der Waals surface area contributed by atoms with Crippen LogP contribution in [0.25, 0.3) is 0 Å². The van der Waals surface area contributed by atoms with Crippen molar-refractivity contribution in [3.8, 4) is 0 Å². The minimum Gasteiger partial charge on any atom is -0.349 e. The van der Waals surface area contributed by atoms with E-state index < -0.39 is 0 Å². The molecule has 150 valence electrons. The Hall–Kier alpha value is -2.70. The van der Waals surface area contributed by atoms with E-state index in [1.807, 2.05) is 4.57 Å². The van der Waals surface area contributed by atoms with Crippen LogP contribution in [0.1, 0.15) is 71.4 Å². The molecule has 0 fully saturated rings. The highest BCUT2D eigenvalue weighted by molar-refractivity contribution is 5.97. The molecule has 2 amide bonds. The number of amides is 2. The monoisotopic (exact) mass is 386 g/mol. The lowest BCUT2D eigenvalue weighted by Gasteiger charge is -2.17. The van der Waals surface area contributed by atoms with Gasteiger partial charge in [-0.25, -0.2) is 9.37 Å². The number of rotatable bonds is 8. The zero-order valence-corrected chi connectivity index (χ0v) is 16.3. The zero-order valence-electron chi connectivity index (χ0n) is 16.3. The zero-order chi connectivity index (χ0) is 19.9. The summed E-state index contributed by atoms with van der Waals surface area (Å²) < 4.78 is 15.6. The molecule has 2 aromatic rings. The second kappa shape index (κ2) is 9.48. The van der Waals surface area contributed by atoms with Crippen LogP contribution in [0.5, 0.6) is 0 Å². The minimum absolute atomic E-state index is 0.0797. The van der Waals surface area contributed by atoms with Crippen molar-refractivity contribution in [1.82, 2.24) is 20.2 Å². The summed E-state index contributed by atoms with van der Waals surface area (Å²) in [6.07, 6.45) is 5.68. The van der Waals surface area contributed by atoms with Crippen molar-refractivity contribution in [2.75, 3.05) is 6.54 Å². The Labute approximate surface area is 164 Å². The largest absolute Gasteiger partial charge is 0.349 e. The van der Waals surface area contributed by atoms with Gasteiger partial charge in [0.05, 0.1) is 5.69 Å². The number of hydrogen-bond acceptors (Lipinski definition) is 3. The van der Waals surface area contributed by atoms with Crippen LogP contribution in [0.2, 0.25) is 0 Å². The van der Waals surface area contributed by atoms with Crippen LogP contribution in [0.3, 0.4) is 0 Å². The second-order valence-corrected chi connectivity index (χ2v) is 7.08. The molecule has 2 N–H and O–H groups in total. The molecule has 0 atom stereocenters. The third-order valence-electron chi connectivity index (χ3n) is 5.00. The number of imidazole rings is 1. The molecule has 0 aliphatic carbocycles. The summed E-state index contributed by atoms with van der Waals surface area (Å²) in [7, 11) is 0.